The van der Waals surface area contributed by atoms with Gasteiger partial charge in [-0.05, 0) is 78.5 Å². The Morgan fingerprint density at radius 3 is 2.65 bits per heavy atom. The molecule has 0 saturated carbocycles. The molecular weight excluding hydrogens is 473 g/mol. The number of halogens is 4. The summed E-state index contributed by atoms with van der Waals surface area (Å²) in [6, 6.07) is 7.45. The van der Waals surface area contributed by atoms with Gasteiger partial charge in [-0.15, -0.1) is 11.3 Å². The average Bonchev–Trinajstić information content (AvgIpc) is 2.74. The Labute approximate surface area is 147 Å². The van der Waals surface area contributed by atoms with Crippen LogP contribution in [0.25, 0.3) is 0 Å². The van der Waals surface area contributed by atoms with Crippen LogP contribution in [0.5, 0.6) is 0 Å². The van der Waals surface area contributed by atoms with E-state index in [1.807, 2.05) is 6.07 Å². The van der Waals surface area contributed by atoms with E-state index < -0.39 is 0 Å². The molecule has 1 nitrogen and oxygen atoms in total. The maximum atomic E-state index is 13.6. The smallest absolute Gasteiger partial charge is 0.137 e. The number of rotatable bonds is 5. The number of nitrogens with one attached hydrogen (secondary N) is 1. The lowest BCUT2D eigenvalue weighted by Gasteiger charge is -2.17. The van der Waals surface area contributed by atoms with Crippen molar-refractivity contribution in [3.63, 3.8) is 0 Å². The Balaban J connectivity index is 2.27. The summed E-state index contributed by atoms with van der Waals surface area (Å²) < 4.78 is 16.3. The highest BCUT2D eigenvalue weighted by atomic mass is 79.9. The highest BCUT2D eigenvalue weighted by Gasteiger charge is 2.17. The summed E-state index contributed by atoms with van der Waals surface area (Å²) in [6.07, 6.45) is 0.742. The summed E-state index contributed by atoms with van der Waals surface area (Å²) in [5, 5.41) is 3.46. The van der Waals surface area contributed by atoms with Gasteiger partial charge in [-0.2, -0.15) is 0 Å². The molecule has 0 amide bonds. The molecule has 1 heterocycles. The number of thiophene rings is 1. The monoisotopic (exact) mass is 483 g/mol. The van der Waals surface area contributed by atoms with E-state index in [1.165, 1.54) is 10.9 Å². The van der Waals surface area contributed by atoms with Gasteiger partial charge in [-0.3, -0.25) is 0 Å². The third-order valence-electron chi connectivity index (χ3n) is 2.91. The predicted molar refractivity (Wildman–Crippen MR) is 93.9 cm³/mol. The molecule has 1 aromatic carbocycles. The lowest BCUT2D eigenvalue weighted by molar-refractivity contribution is 0.552. The maximum Gasteiger partial charge on any atom is 0.137 e. The second-order valence-electron chi connectivity index (χ2n) is 4.30. The molecule has 1 N–H and O–H groups in total. The maximum absolute atomic E-state index is 13.6. The zero-order chi connectivity index (χ0) is 14.7. The van der Waals surface area contributed by atoms with Gasteiger partial charge in [0, 0.05) is 15.4 Å². The standard InChI is InChI=1S/C14H13Br3FNS/c1-2-19-11(12-7-9(15)14(17)20-12)6-8-4-3-5-10(18)13(8)16/h3-5,7,11,19H,2,6H2,1H3. The Hall–Kier alpha value is 0.250. The molecular formula is C14H13Br3FNS. The lowest BCUT2D eigenvalue weighted by atomic mass is 10.0. The molecule has 1 atom stereocenters. The second kappa shape index (κ2) is 7.49. The van der Waals surface area contributed by atoms with Crippen LogP contribution in [-0.4, -0.2) is 6.54 Å². The molecule has 20 heavy (non-hydrogen) atoms. The van der Waals surface area contributed by atoms with E-state index in [0.29, 0.717) is 4.47 Å². The van der Waals surface area contributed by atoms with Crippen molar-refractivity contribution < 1.29 is 4.39 Å². The van der Waals surface area contributed by atoms with Crippen LogP contribution < -0.4 is 5.32 Å². The van der Waals surface area contributed by atoms with Crippen LogP contribution in [0.1, 0.15) is 23.4 Å². The van der Waals surface area contributed by atoms with E-state index in [9.17, 15) is 4.39 Å². The summed E-state index contributed by atoms with van der Waals surface area (Å²) >= 11 is 12.1. The molecule has 108 valence electrons. The fraction of sp³-hybridized carbons (Fsp3) is 0.286. The first-order valence-electron chi connectivity index (χ1n) is 6.14. The highest BCUT2D eigenvalue weighted by molar-refractivity contribution is 9.13. The van der Waals surface area contributed by atoms with Crippen molar-refractivity contribution >= 4 is 59.1 Å². The molecule has 0 fully saturated rings. The van der Waals surface area contributed by atoms with Gasteiger partial charge in [-0.25, -0.2) is 4.39 Å². The fourth-order valence-electron chi connectivity index (χ4n) is 1.98. The predicted octanol–water partition coefficient (Wildman–Crippen LogP) is 6.07. The van der Waals surface area contributed by atoms with Gasteiger partial charge in [-0.1, -0.05) is 19.1 Å². The summed E-state index contributed by atoms with van der Waals surface area (Å²) in [4.78, 5) is 1.22. The van der Waals surface area contributed by atoms with Crippen LogP contribution in [-0.2, 0) is 6.42 Å². The van der Waals surface area contributed by atoms with Crippen LogP contribution in [0.4, 0.5) is 4.39 Å². The Morgan fingerprint density at radius 1 is 1.30 bits per heavy atom. The molecule has 2 aromatic rings. The molecule has 1 unspecified atom stereocenters. The van der Waals surface area contributed by atoms with Crippen molar-refractivity contribution in [1.29, 1.82) is 0 Å². The quantitative estimate of drug-likeness (QED) is 0.542. The van der Waals surface area contributed by atoms with Crippen molar-refractivity contribution in [2.75, 3.05) is 6.54 Å². The number of benzene rings is 1. The van der Waals surface area contributed by atoms with E-state index >= 15 is 0 Å². The van der Waals surface area contributed by atoms with E-state index in [1.54, 1.807) is 17.4 Å². The molecule has 0 aliphatic carbocycles. The summed E-state index contributed by atoms with van der Waals surface area (Å²) in [5.41, 5.74) is 0.969. The minimum Gasteiger partial charge on any atom is -0.309 e. The average molecular weight is 486 g/mol. The molecule has 1 aromatic heterocycles. The van der Waals surface area contributed by atoms with Crippen LogP contribution in [0.15, 0.2) is 37.0 Å². The van der Waals surface area contributed by atoms with Gasteiger partial charge in [0.25, 0.3) is 0 Å². The SMILES string of the molecule is CCNC(Cc1cccc(F)c1Br)c1cc(Br)c(Br)s1. The van der Waals surface area contributed by atoms with Crippen molar-refractivity contribution in [3.8, 4) is 0 Å². The van der Waals surface area contributed by atoms with Gasteiger partial charge in [0.2, 0.25) is 0 Å². The Morgan fingerprint density at radius 2 is 2.05 bits per heavy atom. The summed E-state index contributed by atoms with van der Waals surface area (Å²) in [5.74, 6) is -0.216. The first-order chi connectivity index (χ1) is 9.52. The third-order valence-corrected chi connectivity index (χ3v) is 7.17. The van der Waals surface area contributed by atoms with Crippen molar-refractivity contribution in [1.82, 2.24) is 5.32 Å². The molecule has 2 rings (SSSR count). The van der Waals surface area contributed by atoms with Gasteiger partial charge in [0.1, 0.15) is 5.82 Å². The minimum absolute atomic E-state index is 0.172. The van der Waals surface area contributed by atoms with Crippen molar-refractivity contribution in [3.05, 3.63) is 53.3 Å². The summed E-state index contributed by atoms with van der Waals surface area (Å²) in [7, 11) is 0. The van der Waals surface area contributed by atoms with Crippen LogP contribution in [0, 0.1) is 5.82 Å². The molecule has 0 spiro atoms. The third kappa shape index (κ3) is 3.91. The van der Waals surface area contributed by atoms with Crippen molar-refractivity contribution in [2.24, 2.45) is 0 Å². The summed E-state index contributed by atoms with van der Waals surface area (Å²) in [6.45, 7) is 2.94. The van der Waals surface area contributed by atoms with Crippen LogP contribution >= 0.6 is 59.1 Å². The molecule has 6 heteroatoms. The molecule has 0 aliphatic heterocycles. The van der Waals surface area contributed by atoms with Crippen molar-refractivity contribution in [2.45, 2.75) is 19.4 Å². The Kier molecular flexibility index (Phi) is 6.23. The number of likely N-dealkylation sites (N-methyl/N-ethyl adjacent to an activating group) is 1. The normalized spacial score (nSPS) is 12.7. The fourth-order valence-corrected chi connectivity index (χ4v) is 4.57. The van der Waals surface area contributed by atoms with E-state index in [-0.39, 0.29) is 11.9 Å². The second-order valence-corrected chi connectivity index (χ2v) is 8.35. The Bertz CT molecular complexity index is 581. The number of hydrogen-bond acceptors (Lipinski definition) is 2. The zero-order valence-corrected chi connectivity index (χ0v) is 16.3. The molecule has 0 saturated heterocycles. The van der Waals surface area contributed by atoms with Gasteiger partial charge in [0.15, 0.2) is 0 Å². The van der Waals surface area contributed by atoms with Gasteiger partial charge in [0.05, 0.1) is 8.26 Å². The highest BCUT2D eigenvalue weighted by Crippen LogP contribution is 2.37. The first-order valence-corrected chi connectivity index (χ1v) is 9.33. The van der Waals surface area contributed by atoms with Gasteiger partial charge >= 0.3 is 0 Å². The van der Waals surface area contributed by atoms with E-state index in [2.05, 4.69) is 66.1 Å². The van der Waals surface area contributed by atoms with Crippen LogP contribution in [0.3, 0.4) is 0 Å². The zero-order valence-electron chi connectivity index (χ0n) is 10.7. The van der Waals surface area contributed by atoms with E-state index in [0.717, 1.165) is 26.8 Å². The van der Waals surface area contributed by atoms with Crippen LogP contribution in [0.2, 0.25) is 0 Å². The molecule has 0 radical (unpaired) electrons. The largest absolute Gasteiger partial charge is 0.309 e. The van der Waals surface area contributed by atoms with E-state index in [4.69, 9.17) is 0 Å². The molecule has 0 aliphatic rings. The number of hydrogen-bond donors (Lipinski definition) is 1. The van der Waals surface area contributed by atoms with Gasteiger partial charge < -0.3 is 5.32 Å². The molecule has 0 bridgehead atoms. The lowest BCUT2D eigenvalue weighted by Crippen LogP contribution is -2.22. The minimum atomic E-state index is -0.216. The topological polar surface area (TPSA) is 12.0 Å². The first kappa shape index (κ1) is 16.6.